The van der Waals surface area contributed by atoms with Gasteiger partial charge >= 0.3 is 0 Å². The molecule has 0 atom stereocenters. The summed E-state index contributed by atoms with van der Waals surface area (Å²) in [6, 6.07) is 9.65. The molecule has 0 spiro atoms. The van der Waals surface area contributed by atoms with Gasteiger partial charge in [0.25, 0.3) is 0 Å². The highest BCUT2D eigenvalue weighted by Crippen LogP contribution is 2.42. The quantitative estimate of drug-likeness (QED) is 0.490. The highest BCUT2D eigenvalue weighted by molar-refractivity contribution is 6.15. The van der Waals surface area contributed by atoms with Gasteiger partial charge < -0.3 is 23.5 Å². The number of carbonyl (C=O) groups is 1. The fraction of sp³-hybridized carbons (Fsp3) is 0.393. The van der Waals surface area contributed by atoms with Crippen molar-refractivity contribution in [3.05, 3.63) is 59.0 Å². The van der Waals surface area contributed by atoms with Gasteiger partial charge in [-0.25, -0.2) is 0 Å². The number of nitrogens with zero attached hydrogens (tertiary/aromatic N) is 3. The van der Waals surface area contributed by atoms with E-state index < -0.39 is 0 Å². The van der Waals surface area contributed by atoms with E-state index >= 15 is 0 Å². The maximum absolute atomic E-state index is 13.3. The molecule has 3 aliphatic heterocycles. The van der Waals surface area contributed by atoms with Crippen LogP contribution >= 0.6 is 0 Å². The first-order chi connectivity index (χ1) is 17.6. The number of ketones is 1. The molecule has 8 heteroatoms. The lowest BCUT2D eigenvalue weighted by Gasteiger charge is -2.31. The number of methoxy groups -OCH3 is 1. The van der Waals surface area contributed by atoms with E-state index in [1.165, 1.54) is 0 Å². The standard InChI is InChI=1S/C28H31N3O5/c1-29-16-19(22-15-20(33-2)4-6-24(22)29)14-26-27(32)21-5-7-25-23(28(21)36-26)17-31(18-35-25)9-3-8-30-10-12-34-13-11-30/h4-7,14-16H,3,8-13,17-18H2,1-2H3/b26-14-. The first kappa shape index (κ1) is 23.1. The molecule has 1 fully saturated rings. The Morgan fingerprint density at radius 2 is 1.92 bits per heavy atom. The number of hydrogen-bond donors (Lipinski definition) is 0. The van der Waals surface area contributed by atoms with E-state index in [-0.39, 0.29) is 5.78 Å². The Morgan fingerprint density at radius 3 is 2.75 bits per heavy atom. The molecular weight excluding hydrogens is 458 g/mol. The van der Waals surface area contributed by atoms with E-state index in [2.05, 4.69) is 9.80 Å². The van der Waals surface area contributed by atoms with Crippen LogP contribution in [0, 0.1) is 0 Å². The summed E-state index contributed by atoms with van der Waals surface area (Å²) in [4.78, 5) is 18.0. The third kappa shape index (κ3) is 4.25. The molecular formula is C28H31N3O5. The van der Waals surface area contributed by atoms with Crippen LogP contribution in [-0.4, -0.2) is 73.4 Å². The van der Waals surface area contributed by atoms with Crippen LogP contribution in [0.5, 0.6) is 17.2 Å². The largest absolute Gasteiger partial charge is 0.497 e. The van der Waals surface area contributed by atoms with Crippen LogP contribution in [0.15, 0.2) is 42.3 Å². The molecule has 0 aliphatic carbocycles. The Balaban J connectivity index is 1.21. The third-order valence-corrected chi connectivity index (χ3v) is 7.25. The van der Waals surface area contributed by atoms with Crippen molar-refractivity contribution in [2.45, 2.75) is 13.0 Å². The molecule has 0 N–H and O–H groups in total. The monoisotopic (exact) mass is 489 g/mol. The van der Waals surface area contributed by atoms with Gasteiger partial charge in [-0.1, -0.05) is 0 Å². The molecule has 0 amide bonds. The minimum absolute atomic E-state index is 0.0999. The van der Waals surface area contributed by atoms with Gasteiger partial charge in [0.15, 0.2) is 5.76 Å². The summed E-state index contributed by atoms with van der Waals surface area (Å²) >= 11 is 0. The molecule has 4 heterocycles. The first-order valence-corrected chi connectivity index (χ1v) is 12.5. The fourth-order valence-electron chi connectivity index (χ4n) is 5.28. The number of fused-ring (bicyclic) bond motifs is 4. The summed E-state index contributed by atoms with van der Waals surface area (Å²) in [5.74, 6) is 2.42. The van der Waals surface area contributed by atoms with Crippen LogP contribution in [0.1, 0.15) is 27.9 Å². The Hall–Kier alpha value is -3.33. The Labute approximate surface area is 210 Å². The maximum atomic E-state index is 13.3. The number of Topliss-reactive ketones (excluding diaryl/α,β-unsaturated/α-hetero) is 1. The minimum Gasteiger partial charge on any atom is -0.497 e. The molecule has 2 aromatic carbocycles. The van der Waals surface area contributed by atoms with Gasteiger partial charge in [-0.05, 0) is 49.4 Å². The van der Waals surface area contributed by atoms with Crippen LogP contribution in [-0.2, 0) is 18.3 Å². The Bertz CT molecular complexity index is 1340. The zero-order valence-electron chi connectivity index (χ0n) is 20.8. The van der Waals surface area contributed by atoms with E-state index in [0.29, 0.717) is 30.3 Å². The summed E-state index contributed by atoms with van der Waals surface area (Å²) in [5.41, 5.74) is 3.51. The van der Waals surface area contributed by atoms with Crippen LogP contribution in [0.4, 0.5) is 0 Å². The molecule has 0 unspecified atom stereocenters. The Morgan fingerprint density at radius 1 is 1.08 bits per heavy atom. The fourth-order valence-corrected chi connectivity index (χ4v) is 5.28. The van der Waals surface area contributed by atoms with Crippen molar-refractivity contribution in [1.29, 1.82) is 0 Å². The third-order valence-electron chi connectivity index (χ3n) is 7.25. The topological polar surface area (TPSA) is 65.4 Å². The molecule has 1 aromatic heterocycles. The second-order valence-electron chi connectivity index (χ2n) is 9.57. The molecule has 0 radical (unpaired) electrons. The molecule has 3 aromatic rings. The number of carbonyl (C=O) groups excluding carboxylic acids is 1. The number of aromatic nitrogens is 1. The normalized spacial score (nSPS) is 19.3. The van der Waals surface area contributed by atoms with E-state index in [9.17, 15) is 4.79 Å². The van der Waals surface area contributed by atoms with Crippen molar-refractivity contribution >= 4 is 22.8 Å². The lowest BCUT2D eigenvalue weighted by atomic mass is 10.0. The summed E-state index contributed by atoms with van der Waals surface area (Å²) in [5, 5.41) is 1.01. The van der Waals surface area contributed by atoms with Crippen molar-refractivity contribution in [1.82, 2.24) is 14.4 Å². The zero-order valence-corrected chi connectivity index (χ0v) is 20.8. The molecule has 1 saturated heterocycles. The molecule has 0 bridgehead atoms. The number of benzene rings is 2. The van der Waals surface area contributed by atoms with E-state index in [1.807, 2.05) is 54.2 Å². The van der Waals surface area contributed by atoms with Crippen molar-refractivity contribution in [3.63, 3.8) is 0 Å². The lowest BCUT2D eigenvalue weighted by molar-refractivity contribution is 0.0329. The predicted molar refractivity (Wildman–Crippen MR) is 137 cm³/mol. The van der Waals surface area contributed by atoms with Crippen LogP contribution in [0.25, 0.3) is 17.0 Å². The van der Waals surface area contributed by atoms with Gasteiger partial charge in [-0.2, -0.15) is 0 Å². The first-order valence-electron chi connectivity index (χ1n) is 12.5. The summed E-state index contributed by atoms with van der Waals surface area (Å²) in [6.07, 6.45) is 4.90. The SMILES string of the molecule is COc1ccc2c(c1)c(/C=C1\Oc3c(ccc4c3CN(CCCN3CCOCC3)CO4)C1=O)cn2C. The smallest absolute Gasteiger partial charge is 0.231 e. The van der Waals surface area contributed by atoms with E-state index in [0.717, 1.165) is 79.3 Å². The summed E-state index contributed by atoms with van der Waals surface area (Å²) < 4.78 is 25.2. The molecule has 8 nitrogen and oxygen atoms in total. The van der Waals surface area contributed by atoms with Crippen molar-refractivity contribution in [2.75, 3.05) is 53.2 Å². The predicted octanol–water partition coefficient (Wildman–Crippen LogP) is 3.68. The molecule has 36 heavy (non-hydrogen) atoms. The number of morpholine rings is 1. The van der Waals surface area contributed by atoms with Gasteiger partial charge in [0, 0.05) is 55.9 Å². The second-order valence-corrected chi connectivity index (χ2v) is 9.57. The second kappa shape index (κ2) is 9.61. The molecule has 3 aliphatic rings. The van der Waals surface area contributed by atoms with Gasteiger partial charge in [-0.15, -0.1) is 0 Å². The summed E-state index contributed by atoms with van der Waals surface area (Å²) in [6.45, 7) is 6.87. The molecule has 188 valence electrons. The van der Waals surface area contributed by atoms with Crippen LogP contribution in [0.3, 0.4) is 0 Å². The lowest BCUT2D eigenvalue weighted by Crippen LogP contribution is -2.39. The van der Waals surface area contributed by atoms with Crippen molar-refractivity contribution in [3.8, 4) is 17.2 Å². The number of aryl methyl sites for hydroxylation is 1. The number of allylic oxidation sites excluding steroid dienone is 1. The number of hydrogen-bond acceptors (Lipinski definition) is 7. The van der Waals surface area contributed by atoms with Gasteiger partial charge in [0.05, 0.1) is 31.5 Å². The average molecular weight is 490 g/mol. The number of rotatable bonds is 6. The molecule has 6 rings (SSSR count). The average Bonchev–Trinajstić information content (AvgIpc) is 3.40. The van der Waals surface area contributed by atoms with Gasteiger partial charge in [-0.3, -0.25) is 14.6 Å². The van der Waals surface area contributed by atoms with Crippen LogP contribution in [0.2, 0.25) is 0 Å². The van der Waals surface area contributed by atoms with E-state index in [1.54, 1.807) is 7.11 Å². The van der Waals surface area contributed by atoms with Gasteiger partial charge in [0.1, 0.15) is 24.0 Å². The van der Waals surface area contributed by atoms with E-state index in [4.69, 9.17) is 18.9 Å². The summed E-state index contributed by atoms with van der Waals surface area (Å²) in [7, 11) is 3.64. The minimum atomic E-state index is -0.0999. The van der Waals surface area contributed by atoms with Gasteiger partial charge in [0.2, 0.25) is 5.78 Å². The molecule has 0 saturated carbocycles. The van der Waals surface area contributed by atoms with Crippen molar-refractivity contribution < 1.29 is 23.7 Å². The Kier molecular flexibility index (Phi) is 6.17. The zero-order chi connectivity index (χ0) is 24.6. The number of ether oxygens (including phenoxy) is 4. The van der Waals surface area contributed by atoms with Crippen LogP contribution < -0.4 is 14.2 Å². The highest BCUT2D eigenvalue weighted by atomic mass is 16.5. The van der Waals surface area contributed by atoms with Crippen molar-refractivity contribution in [2.24, 2.45) is 7.05 Å². The highest BCUT2D eigenvalue weighted by Gasteiger charge is 2.33. The maximum Gasteiger partial charge on any atom is 0.231 e.